The van der Waals surface area contributed by atoms with E-state index in [-0.39, 0.29) is 21.3 Å². The summed E-state index contributed by atoms with van der Waals surface area (Å²) in [5.74, 6) is -0.341. The van der Waals surface area contributed by atoms with Crippen LogP contribution in [0.5, 0.6) is 0 Å². The van der Waals surface area contributed by atoms with Crippen molar-refractivity contribution >= 4 is 40.4 Å². The molecule has 2 rings (SSSR count). The summed E-state index contributed by atoms with van der Waals surface area (Å²) in [4.78, 5) is 25.0. The van der Waals surface area contributed by atoms with Gasteiger partial charge >= 0.3 is 0 Å². The predicted octanol–water partition coefficient (Wildman–Crippen LogP) is 2.07. The molecule has 1 aromatic heterocycles. The summed E-state index contributed by atoms with van der Waals surface area (Å²) < 4.78 is 0.220. The van der Waals surface area contributed by atoms with Crippen molar-refractivity contribution in [2.24, 2.45) is 0 Å². The van der Waals surface area contributed by atoms with Gasteiger partial charge in [0.25, 0.3) is 5.91 Å². The average Bonchev–Trinajstić information content (AvgIpc) is 2.87. The van der Waals surface area contributed by atoms with Gasteiger partial charge in [0.2, 0.25) is 15.4 Å². The fourth-order valence-electron chi connectivity index (χ4n) is 1.52. The minimum Gasteiger partial charge on any atom is -0.349 e. The number of hydrogen-bond donors (Lipinski definition) is 1. The van der Waals surface area contributed by atoms with Gasteiger partial charge in [0, 0.05) is 19.8 Å². The molecule has 0 aliphatic carbocycles. The normalized spacial score (nSPS) is 10.2. The van der Waals surface area contributed by atoms with Crippen LogP contribution in [0.2, 0.25) is 4.47 Å². The van der Waals surface area contributed by atoms with Crippen molar-refractivity contribution in [2.75, 3.05) is 19.4 Å². The van der Waals surface area contributed by atoms with Crippen LogP contribution in [0.1, 0.15) is 15.4 Å². The molecule has 6 nitrogen and oxygen atoms in total. The number of nitrogens with one attached hydrogen (secondary N) is 1. The Labute approximate surface area is 130 Å². The van der Waals surface area contributed by atoms with Crippen molar-refractivity contribution in [1.82, 2.24) is 15.1 Å². The molecule has 0 spiro atoms. The molecule has 0 saturated heterocycles. The summed E-state index contributed by atoms with van der Waals surface area (Å²) in [7, 11) is 3.42. The van der Waals surface area contributed by atoms with Gasteiger partial charge in [-0.05, 0) is 29.3 Å². The van der Waals surface area contributed by atoms with Gasteiger partial charge in [-0.1, -0.05) is 23.5 Å². The van der Waals surface area contributed by atoms with Gasteiger partial charge in [0.15, 0.2) is 0 Å². The number of anilines is 1. The molecule has 110 valence electrons. The largest absolute Gasteiger partial charge is 0.349 e. The highest BCUT2D eigenvalue weighted by molar-refractivity contribution is 7.17. The lowest BCUT2D eigenvalue weighted by Gasteiger charge is -2.10. The van der Waals surface area contributed by atoms with Crippen molar-refractivity contribution in [1.29, 1.82) is 0 Å². The summed E-state index contributed by atoms with van der Waals surface area (Å²) in [6.07, 6.45) is 0.327. The second kappa shape index (κ2) is 6.64. The maximum Gasteiger partial charge on any atom is 0.286 e. The first-order valence-electron chi connectivity index (χ1n) is 6.05. The fraction of sp³-hybridized carbons (Fsp3) is 0.231. The number of carbonyl (C=O) groups excluding carboxylic acids is 2. The smallest absolute Gasteiger partial charge is 0.286 e. The highest BCUT2D eigenvalue weighted by Crippen LogP contribution is 2.17. The third-order valence-corrected chi connectivity index (χ3v) is 3.68. The van der Waals surface area contributed by atoms with E-state index < -0.39 is 0 Å². The van der Waals surface area contributed by atoms with E-state index in [9.17, 15) is 9.59 Å². The minimum absolute atomic E-state index is 0.0234. The summed E-state index contributed by atoms with van der Waals surface area (Å²) in [6.45, 7) is 0. The zero-order valence-electron chi connectivity index (χ0n) is 11.5. The zero-order valence-corrected chi connectivity index (χ0v) is 13.0. The Bertz CT molecular complexity index is 654. The molecule has 0 atom stereocenters. The number of halogens is 1. The Kier molecular flexibility index (Phi) is 4.87. The molecule has 2 amide bonds. The number of rotatable bonds is 4. The van der Waals surface area contributed by atoms with E-state index in [1.54, 1.807) is 38.4 Å². The van der Waals surface area contributed by atoms with Crippen LogP contribution >= 0.6 is 22.9 Å². The molecule has 0 fully saturated rings. The van der Waals surface area contributed by atoms with E-state index in [1.165, 1.54) is 4.90 Å². The Morgan fingerprint density at radius 3 is 2.43 bits per heavy atom. The number of aromatic nitrogens is 2. The molecule has 0 bridgehead atoms. The molecule has 0 unspecified atom stereocenters. The molecular formula is C13H13ClN4O2S. The number of amides is 2. The second-order valence-corrected chi connectivity index (χ2v) is 6.04. The molecule has 21 heavy (non-hydrogen) atoms. The van der Waals surface area contributed by atoms with E-state index in [4.69, 9.17) is 11.6 Å². The first-order valence-corrected chi connectivity index (χ1v) is 7.24. The van der Waals surface area contributed by atoms with Crippen LogP contribution in [-0.4, -0.2) is 41.0 Å². The Morgan fingerprint density at radius 1 is 1.24 bits per heavy atom. The van der Waals surface area contributed by atoms with E-state index in [1.807, 2.05) is 0 Å². The summed E-state index contributed by atoms with van der Waals surface area (Å²) in [5, 5.41) is 10.1. The number of hydrogen-bond acceptors (Lipinski definition) is 5. The quantitative estimate of drug-likeness (QED) is 0.934. The highest BCUT2D eigenvalue weighted by atomic mass is 35.5. The van der Waals surface area contributed by atoms with Crippen LogP contribution in [0.4, 0.5) is 5.69 Å². The van der Waals surface area contributed by atoms with Crippen LogP contribution < -0.4 is 5.32 Å². The van der Waals surface area contributed by atoms with Crippen molar-refractivity contribution < 1.29 is 9.59 Å². The molecule has 0 radical (unpaired) electrons. The molecule has 0 saturated carbocycles. The monoisotopic (exact) mass is 324 g/mol. The maximum absolute atomic E-state index is 11.9. The van der Waals surface area contributed by atoms with Crippen molar-refractivity contribution in [3.8, 4) is 0 Å². The fourth-order valence-corrected chi connectivity index (χ4v) is 2.24. The molecule has 0 aliphatic rings. The van der Waals surface area contributed by atoms with Crippen molar-refractivity contribution in [3.05, 3.63) is 39.3 Å². The van der Waals surface area contributed by atoms with Crippen molar-refractivity contribution in [2.45, 2.75) is 6.42 Å². The molecule has 1 N–H and O–H groups in total. The Hall–Kier alpha value is -1.99. The lowest BCUT2D eigenvalue weighted by molar-refractivity contribution is -0.127. The van der Waals surface area contributed by atoms with E-state index in [0.29, 0.717) is 12.1 Å². The number of nitrogens with zero attached hydrogens (tertiary/aromatic N) is 3. The Balaban J connectivity index is 1.99. The average molecular weight is 325 g/mol. The van der Waals surface area contributed by atoms with Gasteiger partial charge in [-0.2, -0.15) is 0 Å². The van der Waals surface area contributed by atoms with Crippen LogP contribution in [0.3, 0.4) is 0 Å². The van der Waals surface area contributed by atoms with Gasteiger partial charge in [-0.15, -0.1) is 10.2 Å². The third-order valence-electron chi connectivity index (χ3n) is 2.66. The topological polar surface area (TPSA) is 75.2 Å². The molecule has 8 heteroatoms. The molecule has 1 aromatic carbocycles. The molecule has 0 aliphatic heterocycles. The van der Waals surface area contributed by atoms with Gasteiger partial charge in [-0.25, -0.2) is 0 Å². The zero-order chi connectivity index (χ0) is 15.4. The lowest BCUT2D eigenvalue weighted by Crippen LogP contribution is -2.23. The van der Waals surface area contributed by atoms with E-state index in [0.717, 1.165) is 16.9 Å². The van der Waals surface area contributed by atoms with E-state index >= 15 is 0 Å². The molecular weight excluding hydrogens is 312 g/mol. The second-order valence-electron chi connectivity index (χ2n) is 4.48. The predicted molar refractivity (Wildman–Crippen MR) is 81.7 cm³/mol. The standard InChI is InChI=1S/C13H13ClN4O2S/c1-18(2)10(19)7-8-3-5-9(6-4-8)15-11(20)12-16-17-13(14)21-12/h3-6H,7H2,1-2H3,(H,15,20). The molecule has 1 heterocycles. The number of benzene rings is 1. The van der Waals surface area contributed by atoms with E-state index in [2.05, 4.69) is 15.5 Å². The SMILES string of the molecule is CN(C)C(=O)Cc1ccc(NC(=O)c2nnc(Cl)s2)cc1. The highest BCUT2D eigenvalue weighted by Gasteiger charge is 2.12. The molecule has 2 aromatic rings. The van der Waals surface area contributed by atoms with Crippen molar-refractivity contribution in [3.63, 3.8) is 0 Å². The summed E-state index contributed by atoms with van der Waals surface area (Å²) >= 11 is 6.64. The van der Waals surface area contributed by atoms with Crippen LogP contribution in [0.15, 0.2) is 24.3 Å². The summed E-state index contributed by atoms with van der Waals surface area (Å²) in [6, 6.07) is 7.06. The third kappa shape index (κ3) is 4.24. The van der Waals surface area contributed by atoms with Gasteiger partial charge < -0.3 is 10.2 Å². The maximum atomic E-state index is 11.9. The first-order chi connectivity index (χ1) is 9.95. The van der Waals surface area contributed by atoms with Gasteiger partial charge in [0.05, 0.1) is 6.42 Å². The number of likely N-dealkylation sites (N-methyl/N-ethyl adjacent to an activating group) is 1. The summed E-state index contributed by atoms with van der Waals surface area (Å²) in [5.41, 5.74) is 1.50. The van der Waals surface area contributed by atoms with Crippen LogP contribution in [-0.2, 0) is 11.2 Å². The lowest BCUT2D eigenvalue weighted by atomic mass is 10.1. The number of carbonyl (C=O) groups is 2. The minimum atomic E-state index is -0.364. The van der Waals surface area contributed by atoms with Crippen LogP contribution in [0.25, 0.3) is 0 Å². The first kappa shape index (κ1) is 15.4. The van der Waals surface area contributed by atoms with Crippen LogP contribution in [0, 0.1) is 0 Å². The van der Waals surface area contributed by atoms with Gasteiger partial charge in [0.1, 0.15) is 0 Å². The Morgan fingerprint density at radius 2 is 1.90 bits per heavy atom. The van der Waals surface area contributed by atoms with Gasteiger partial charge in [-0.3, -0.25) is 9.59 Å².